The minimum atomic E-state index is -0.405. The van der Waals surface area contributed by atoms with Crippen LogP contribution in [0.2, 0.25) is 0 Å². The Morgan fingerprint density at radius 3 is 2.67 bits per heavy atom. The van der Waals surface area contributed by atoms with Crippen LogP contribution in [-0.2, 0) is 13.0 Å². The van der Waals surface area contributed by atoms with Gasteiger partial charge in [-0.15, -0.1) is 0 Å². The fourth-order valence-electron chi connectivity index (χ4n) is 1.95. The molecule has 0 fully saturated rings. The Morgan fingerprint density at radius 2 is 2.00 bits per heavy atom. The van der Waals surface area contributed by atoms with E-state index < -0.39 is 4.92 Å². The fraction of sp³-hybridized carbons (Fsp3) is 0.200. The normalized spacial score (nSPS) is 10.4. The molecule has 2 aromatic carbocycles. The van der Waals surface area contributed by atoms with Crippen LogP contribution in [0, 0.1) is 10.1 Å². The third kappa shape index (κ3) is 4.03. The number of nitrogens with zero attached hydrogens (tertiary/aromatic N) is 1. The Morgan fingerprint density at radius 1 is 1.24 bits per heavy atom. The molecule has 0 aliphatic carbocycles. The zero-order valence-corrected chi connectivity index (χ0v) is 12.9. The average Bonchev–Trinajstić information content (AvgIpc) is 2.47. The maximum absolute atomic E-state index is 10.9. The van der Waals surface area contributed by atoms with Crippen molar-refractivity contribution in [2.75, 3.05) is 6.54 Å². The molecule has 0 heterocycles. The van der Waals surface area contributed by atoms with Crippen LogP contribution >= 0.6 is 15.9 Å². The lowest BCUT2D eigenvalue weighted by Gasteiger charge is -2.10. The molecule has 2 N–H and O–H groups in total. The van der Waals surface area contributed by atoms with Gasteiger partial charge >= 0.3 is 0 Å². The number of hydrogen-bond donors (Lipinski definition) is 1. The van der Waals surface area contributed by atoms with E-state index in [2.05, 4.69) is 15.9 Å². The Balaban J connectivity index is 2.12. The zero-order chi connectivity index (χ0) is 15.2. The van der Waals surface area contributed by atoms with Gasteiger partial charge in [-0.2, -0.15) is 0 Å². The van der Waals surface area contributed by atoms with Crippen LogP contribution in [0.15, 0.2) is 46.9 Å². The molecule has 0 atom stereocenters. The summed E-state index contributed by atoms with van der Waals surface area (Å²) in [4.78, 5) is 10.5. The summed E-state index contributed by atoms with van der Waals surface area (Å²) in [5, 5.41) is 10.9. The van der Waals surface area contributed by atoms with Crippen molar-refractivity contribution in [2.45, 2.75) is 13.0 Å². The summed E-state index contributed by atoms with van der Waals surface area (Å²) in [5.41, 5.74) is 7.24. The van der Waals surface area contributed by atoms with Gasteiger partial charge in [-0.3, -0.25) is 10.1 Å². The molecule has 0 aliphatic rings. The number of para-hydroxylation sites is 1. The number of halogens is 1. The Hall–Kier alpha value is -1.92. The summed E-state index contributed by atoms with van der Waals surface area (Å²) < 4.78 is 6.48. The molecule has 6 heteroatoms. The maximum atomic E-state index is 10.9. The van der Waals surface area contributed by atoms with Crippen molar-refractivity contribution < 1.29 is 9.66 Å². The van der Waals surface area contributed by atoms with Crippen molar-refractivity contribution >= 4 is 21.6 Å². The van der Waals surface area contributed by atoms with E-state index in [-0.39, 0.29) is 12.3 Å². The lowest BCUT2D eigenvalue weighted by Crippen LogP contribution is -2.03. The van der Waals surface area contributed by atoms with Gasteiger partial charge in [0.15, 0.2) is 0 Å². The number of nitro benzene ring substituents is 1. The monoisotopic (exact) mass is 350 g/mol. The summed E-state index contributed by atoms with van der Waals surface area (Å²) in [6.07, 6.45) is 0.795. The van der Waals surface area contributed by atoms with Crippen LogP contribution in [0.5, 0.6) is 5.75 Å². The van der Waals surface area contributed by atoms with Gasteiger partial charge in [0.25, 0.3) is 5.69 Å². The van der Waals surface area contributed by atoms with Crippen molar-refractivity contribution in [2.24, 2.45) is 5.73 Å². The second-order valence-electron chi connectivity index (χ2n) is 4.48. The highest BCUT2D eigenvalue weighted by molar-refractivity contribution is 9.10. The Bertz CT molecular complexity index is 647. The molecule has 0 saturated carbocycles. The lowest BCUT2D eigenvalue weighted by atomic mass is 10.1. The Kier molecular flexibility index (Phi) is 5.30. The zero-order valence-electron chi connectivity index (χ0n) is 11.3. The molecule has 0 bridgehead atoms. The van der Waals surface area contributed by atoms with Crippen LogP contribution in [0.25, 0.3) is 0 Å². The molecule has 0 saturated heterocycles. The molecule has 2 rings (SSSR count). The average molecular weight is 351 g/mol. The van der Waals surface area contributed by atoms with Gasteiger partial charge in [0.05, 0.1) is 15.0 Å². The second kappa shape index (κ2) is 7.19. The third-order valence-electron chi connectivity index (χ3n) is 3.00. The van der Waals surface area contributed by atoms with Crippen molar-refractivity contribution in [3.05, 3.63) is 68.2 Å². The van der Waals surface area contributed by atoms with Crippen LogP contribution in [0.4, 0.5) is 5.69 Å². The van der Waals surface area contributed by atoms with Crippen molar-refractivity contribution in [3.63, 3.8) is 0 Å². The number of ether oxygens (including phenoxy) is 1. The first-order valence-corrected chi connectivity index (χ1v) is 7.24. The number of benzene rings is 2. The van der Waals surface area contributed by atoms with E-state index in [0.29, 0.717) is 17.9 Å². The predicted molar refractivity (Wildman–Crippen MR) is 84.3 cm³/mol. The van der Waals surface area contributed by atoms with Gasteiger partial charge in [-0.1, -0.05) is 18.2 Å². The van der Waals surface area contributed by atoms with Crippen LogP contribution in [-0.4, -0.2) is 11.5 Å². The van der Waals surface area contributed by atoms with Gasteiger partial charge in [-0.05, 0) is 52.7 Å². The summed E-state index contributed by atoms with van der Waals surface area (Å²) >= 11 is 3.44. The minimum Gasteiger partial charge on any atom is -0.487 e. The molecule has 0 radical (unpaired) electrons. The topological polar surface area (TPSA) is 78.4 Å². The molecule has 2 aromatic rings. The van der Waals surface area contributed by atoms with Gasteiger partial charge in [-0.25, -0.2) is 0 Å². The highest BCUT2D eigenvalue weighted by Crippen LogP contribution is 2.28. The standard InChI is InChI=1S/C15H15BrN2O3/c16-13-9-11(7-8-17)5-6-15(13)21-10-12-3-1-2-4-14(12)18(19)20/h1-6,9H,7-8,10,17H2. The summed E-state index contributed by atoms with van der Waals surface area (Å²) in [6.45, 7) is 0.731. The van der Waals surface area contributed by atoms with E-state index in [9.17, 15) is 10.1 Å². The van der Waals surface area contributed by atoms with Gasteiger partial charge in [0.1, 0.15) is 12.4 Å². The predicted octanol–water partition coefficient (Wildman–Crippen LogP) is 3.44. The fourth-order valence-corrected chi connectivity index (χ4v) is 2.49. The SMILES string of the molecule is NCCc1ccc(OCc2ccccc2[N+](=O)[O-])c(Br)c1. The van der Waals surface area contributed by atoms with Crippen LogP contribution < -0.4 is 10.5 Å². The van der Waals surface area contributed by atoms with E-state index in [4.69, 9.17) is 10.5 Å². The lowest BCUT2D eigenvalue weighted by molar-refractivity contribution is -0.385. The molecule has 0 amide bonds. The molecular weight excluding hydrogens is 336 g/mol. The molecule has 21 heavy (non-hydrogen) atoms. The minimum absolute atomic E-state index is 0.0633. The molecule has 0 spiro atoms. The van der Waals surface area contributed by atoms with Crippen molar-refractivity contribution in [1.82, 2.24) is 0 Å². The third-order valence-corrected chi connectivity index (χ3v) is 3.62. The molecule has 0 unspecified atom stereocenters. The van der Waals surface area contributed by atoms with E-state index in [1.807, 2.05) is 18.2 Å². The summed E-state index contributed by atoms with van der Waals surface area (Å²) in [6, 6.07) is 12.3. The number of nitrogens with two attached hydrogens (primary N) is 1. The molecule has 110 valence electrons. The smallest absolute Gasteiger partial charge is 0.276 e. The van der Waals surface area contributed by atoms with E-state index >= 15 is 0 Å². The van der Waals surface area contributed by atoms with E-state index in [0.717, 1.165) is 16.5 Å². The van der Waals surface area contributed by atoms with E-state index in [1.165, 1.54) is 6.07 Å². The highest BCUT2D eigenvalue weighted by atomic mass is 79.9. The summed E-state index contributed by atoms with van der Waals surface area (Å²) in [5.74, 6) is 0.647. The number of nitro groups is 1. The maximum Gasteiger partial charge on any atom is 0.276 e. The van der Waals surface area contributed by atoms with Crippen molar-refractivity contribution in [3.8, 4) is 5.75 Å². The first-order chi connectivity index (χ1) is 10.1. The number of hydrogen-bond acceptors (Lipinski definition) is 4. The van der Waals surface area contributed by atoms with Gasteiger partial charge in [0, 0.05) is 6.07 Å². The molecule has 5 nitrogen and oxygen atoms in total. The van der Waals surface area contributed by atoms with Crippen LogP contribution in [0.3, 0.4) is 0 Å². The van der Waals surface area contributed by atoms with Crippen molar-refractivity contribution in [1.29, 1.82) is 0 Å². The first-order valence-electron chi connectivity index (χ1n) is 6.45. The summed E-state index contributed by atoms with van der Waals surface area (Å²) in [7, 11) is 0. The van der Waals surface area contributed by atoms with E-state index in [1.54, 1.807) is 18.2 Å². The second-order valence-corrected chi connectivity index (χ2v) is 5.33. The van der Waals surface area contributed by atoms with Crippen LogP contribution in [0.1, 0.15) is 11.1 Å². The van der Waals surface area contributed by atoms with Gasteiger partial charge < -0.3 is 10.5 Å². The highest BCUT2D eigenvalue weighted by Gasteiger charge is 2.13. The first kappa shape index (κ1) is 15.5. The quantitative estimate of drug-likeness (QED) is 0.639. The molecular formula is C15H15BrN2O3. The molecule has 0 aliphatic heterocycles. The Labute approximate surface area is 131 Å². The largest absolute Gasteiger partial charge is 0.487 e. The molecule has 0 aromatic heterocycles. The number of rotatable bonds is 6. The van der Waals surface area contributed by atoms with Gasteiger partial charge in [0.2, 0.25) is 0 Å².